The summed E-state index contributed by atoms with van der Waals surface area (Å²) in [5.41, 5.74) is 6.40. The molecular formula is C11H18N4O. The van der Waals surface area contributed by atoms with Crippen LogP contribution in [0, 0.1) is 11.8 Å². The molecule has 1 heterocycles. The number of rotatable bonds is 5. The molecule has 2 rings (SSSR count). The second-order valence-electron chi connectivity index (χ2n) is 4.23. The van der Waals surface area contributed by atoms with Gasteiger partial charge in [0, 0.05) is 6.54 Å². The highest BCUT2D eigenvalue weighted by Crippen LogP contribution is 2.38. The Morgan fingerprint density at radius 3 is 2.94 bits per heavy atom. The second-order valence-corrected chi connectivity index (χ2v) is 4.23. The van der Waals surface area contributed by atoms with Gasteiger partial charge in [0.1, 0.15) is 12.0 Å². The van der Waals surface area contributed by atoms with Gasteiger partial charge < -0.3 is 15.8 Å². The van der Waals surface area contributed by atoms with Gasteiger partial charge in [-0.2, -0.15) is 4.98 Å². The normalized spacial score (nSPS) is 22.9. The maximum absolute atomic E-state index is 5.90. The van der Waals surface area contributed by atoms with Crippen LogP contribution in [-0.2, 0) is 0 Å². The maximum atomic E-state index is 5.90. The van der Waals surface area contributed by atoms with E-state index in [2.05, 4.69) is 22.2 Å². The van der Waals surface area contributed by atoms with Crippen molar-refractivity contribution in [2.24, 2.45) is 11.8 Å². The van der Waals surface area contributed by atoms with Crippen LogP contribution in [0.25, 0.3) is 0 Å². The molecule has 0 aliphatic heterocycles. The third-order valence-corrected chi connectivity index (χ3v) is 2.94. The smallest absolute Gasteiger partial charge is 0.242 e. The van der Waals surface area contributed by atoms with Gasteiger partial charge in [-0.3, -0.25) is 0 Å². The lowest BCUT2D eigenvalue weighted by molar-refractivity contribution is 0.328. The number of anilines is 2. The molecule has 16 heavy (non-hydrogen) atoms. The van der Waals surface area contributed by atoms with Crippen molar-refractivity contribution in [3.8, 4) is 5.88 Å². The van der Waals surface area contributed by atoms with Crippen LogP contribution in [-0.4, -0.2) is 23.1 Å². The van der Waals surface area contributed by atoms with Crippen LogP contribution in [0.3, 0.4) is 0 Å². The number of nitrogens with two attached hydrogens (primary N) is 1. The summed E-state index contributed by atoms with van der Waals surface area (Å²) in [4.78, 5) is 8.11. The Morgan fingerprint density at radius 1 is 1.56 bits per heavy atom. The minimum absolute atomic E-state index is 0.462. The molecule has 5 nitrogen and oxygen atoms in total. The molecule has 5 heteroatoms. The molecule has 0 bridgehead atoms. The average molecular weight is 222 g/mol. The van der Waals surface area contributed by atoms with Crippen LogP contribution in [0.15, 0.2) is 6.33 Å². The van der Waals surface area contributed by atoms with Crippen LogP contribution in [0.4, 0.5) is 11.5 Å². The van der Waals surface area contributed by atoms with Crippen molar-refractivity contribution in [3.63, 3.8) is 0 Å². The van der Waals surface area contributed by atoms with Gasteiger partial charge in [0.25, 0.3) is 0 Å². The van der Waals surface area contributed by atoms with E-state index in [1.807, 2.05) is 6.92 Å². The molecule has 1 aliphatic rings. The van der Waals surface area contributed by atoms with E-state index in [1.54, 1.807) is 0 Å². The standard InChI is InChI=1S/C11H18N4O/c1-3-16-11-9(12)10(14-6-15-11)13-5-8-4-7(8)2/h6-8H,3-5,12H2,1-2H3,(H,13,14,15). The third-order valence-electron chi connectivity index (χ3n) is 2.94. The first-order valence-electron chi connectivity index (χ1n) is 5.69. The molecule has 1 saturated carbocycles. The summed E-state index contributed by atoms with van der Waals surface area (Å²) >= 11 is 0. The van der Waals surface area contributed by atoms with E-state index < -0.39 is 0 Å². The molecule has 2 unspecified atom stereocenters. The van der Waals surface area contributed by atoms with Crippen molar-refractivity contribution in [2.75, 3.05) is 24.2 Å². The molecule has 0 aromatic carbocycles. The Balaban J connectivity index is 1.99. The van der Waals surface area contributed by atoms with Crippen LogP contribution >= 0.6 is 0 Å². The molecule has 1 aromatic rings. The van der Waals surface area contributed by atoms with Gasteiger partial charge in [-0.1, -0.05) is 6.92 Å². The quantitative estimate of drug-likeness (QED) is 0.790. The lowest BCUT2D eigenvalue weighted by atomic mass is 10.3. The molecule has 1 fully saturated rings. The summed E-state index contributed by atoms with van der Waals surface area (Å²) in [5, 5.41) is 3.25. The van der Waals surface area contributed by atoms with Crippen molar-refractivity contribution >= 4 is 11.5 Å². The van der Waals surface area contributed by atoms with E-state index in [0.717, 1.165) is 18.4 Å². The summed E-state index contributed by atoms with van der Waals surface area (Å²) in [5.74, 6) is 2.72. The van der Waals surface area contributed by atoms with Gasteiger partial charge in [0.2, 0.25) is 5.88 Å². The Bertz CT molecular complexity index is 369. The lowest BCUT2D eigenvalue weighted by Crippen LogP contribution is -2.10. The Morgan fingerprint density at radius 2 is 2.31 bits per heavy atom. The molecule has 0 radical (unpaired) electrons. The summed E-state index contributed by atoms with van der Waals surface area (Å²) in [6.45, 7) is 5.64. The van der Waals surface area contributed by atoms with Crippen molar-refractivity contribution in [1.29, 1.82) is 0 Å². The first-order valence-corrected chi connectivity index (χ1v) is 5.69. The molecule has 88 valence electrons. The fourth-order valence-corrected chi connectivity index (χ4v) is 1.68. The summed E-state index contributed by atoms with van der Waals surface area (Å²) in [7, 11) is 0. The molecule has 1 aliphatic carbocycles. The number of hydrogen-bond donors (Lipinski definition) is 2. The summed E-state index contributed by atoms with van der Waals surface area (Å²) in [6, 6.07) is 0. The topological polar surface area (TPSA) is 73.1 Å². The number of ether oxygens (including phenoxy) is 1. The van der Waals surface area contributed by atoms with E-state index in [0.29, 0.717) is 24.0 Å². The Hall–Kier alpha value is -1.52. The number of nitrogen functional groups attached to an aromatic ring is 1. The lowest BCUT2D eigenvalue weighted by Gasteiger charge is -2.10. The van der Waals surface area contributed by atoms with Crippen molar-refractivity contribution in [3.05, 3.63) is 6.33 Å². The van der Waals surface area contributed by atoms with Gasteiger partial charge in [-0.25, -0.2) is 4.98 Å². The van der Waals surface area contributed by atoms with Crippen molar-refractivity contribution in [2.45, 2.75) is 20.3 Å². The molecule has 0 spiro atoms. The molecular weight excluding hydrogens is 204 g/mol. The first-order chi connectivity index (χ1) is 7.72. The largest absolute Gasteiger partial charge is 0.476 e. The predicted molar refractivity (Wildman–Crippen MR) is 63.4 cm³/mol. The average Bonchev–Trinajstić information content (AvgIpc) is 2.96. The van der Waals surface area contributed by atoms with Gasteiger partial charge in [-0.15, -0.1) is 0 Å². The third kappa shape index (κ3) is 2.35. The first kappa shape index (κ1) is 11.0. The van der Waals surface area contributed by atoms with Crippen LogP contribution in [0.2, 0.25) is 0 Å². The maximum Gasteiger partial charge on any atom is 0.242 e. The number of nitrogens with one attached hydrogen (secondary N) is 1. The summed E-state index contributed by atoms with van der Waals surface area (Å²) in [6.07, 6.45) is 2.76. The van der Waals surface area contributed by atoms with Crippen molar-refractivity contribution < 1.29 is 4.74 Å². The number of hydrogen-bond acceptors (Lipinski definition) is 5. The SMILES string of the molecule is CCOc1ncnc(NCC2CC2C)c1N. The molecule has 3 N–H and O–H groups in total. The van der Waals surface area contributed by atoms with Crippen molar-refractivity contribution in [1.82, 2.24) is 9.97 Å². The molecule has 2 atom stereocenters. The molecule has 0 amide bonds. The van der Waals surface area contributed by atoms with E-state index in [4.69, 9.17) is 10.5 Å². The fraction of sp³-hybridized carbons (Fsp3) is 0.636. The van der Waals surface area contributed by atoms with Gasteiger partial charge in [0.05, 0.1) is 6.61 Å². The second kappa shape index (κ2) is 4.55. The monoisotopic (exact) mass is 222 g/mol. The van der Waals surface area contributed by atoms with Crippen LogP contribution in [0.1, 0.15) is 20.3 Å². The van der Waals surface area contributed by atoms with Gasteiger partial charge >= 0.3 is 0 Å². The van der Waals surface area contributed by atoms with E-state index in [9.17, 15) is 0 Å². The highest BCUT2D eigenvalue weighted by Gasteiger charge is 2.32. The fourth-order valence-electron chi connectivity index (χ4n) is 1.68. The Kier molecular flexibility index (Phi) is 3.12. The zero-order chi connectivity index (χ0) is 11.5. The molecule has 1 aromatic heterocycles. The van der Waals surface area contributed by atoms with E-state index >= 15 is 0 Å². The van der Waals surface area contributed by atoms with E-state index in [-0.39, 0.29) is 0 Å². The van der Waals surface area contributed by atoms with Gasteiger partial charge in [-0.05, 0) is 25.2 Å². The summed E-state index contributed by atoms with van der Waals surface area (Å²) < 4.78 is 5.30. The van der Waals surface area contributed by atoms with Crippen LogP contribution < -0.4 is 15.8 Å². The van der Waals surface area contributed by atoms with E-state index in [1.165, 1.54) is 12.7 Å². The minimum Gasteiger partial charge on any atom is -0.476 e. The number of nitrogens with zero attached hydrogens (tertiary/aromatic N) is 2. The highest BCUT2D eigenvalue weighted by molar-refractivity contribution is 5.66. The highest BCUT2D eigenvalue weighted by atomic mass is 16.5. The number of aromatic nitrogens is 2. The van der Waals surface area contributed by atoms with Gasteiger partial charge in [0.15, 0.2) is 5.82 Å². The zero-order valence-electron chi connectivity index (χ0n) is 9.73. The zero-order valence-corrected chi connectivity index (χ0v) is 9.73. The minimum atomic E-state index is 0.462. The predicted octanol–water partition coefficient (Wildman–Crippen LogP) is 1.53. The Labute approximate surface area is 95.4 Å². The van der Waals surface area contributed by atoms with Crippen LogP contribution in [0.5, 0.6) is 5.88 Å². The molecule has 0 saturated heterocycles.